The fraction of sp³-hybridized carbons (Fsp3) is 0.111. The highest BCUT2D eigenvalue weighted by Crippen LogP contribution is 2.21. The number of aromatic carboxylic acids is 1. The van der Waals surface area contributed by atoms with Gasteiger partial charge >= 0.3 is 12.0 Å². The van der Waals surface area contributed by atoms with Crippen LogP contribution in [0.4, 0.5) is 0 Å². The molecule has 2 aromatic heterocycles. The quantitative estimate of drug-likeness (QED) is 0.818. The minimum atomic E-state index is -1.11. The summed E-state index contributed by atoms with van der Waals surface area (Å²) in [7, 11) is 1.69. The Bertz CT molecular complexity index is 523. The summed E-state index contributed by atoms with van der Waals surface area (Å²) in [5.74, 6) is -0.951. The van der Waals surface area contributed by atoms with E-state index in [-0.39, 0.29) is 17.3 Å². The molecule has 0 saturated heterocycles. The van der Waals surface area contributed by atoms with Crippen molar-refractivity contribution < 1.29 is 14.6 Å². The summed E-state index contributed by atoms with van der Waals surface area (Å²) < 4.78 is 6.68. The molecule has 1 N–H and O–H groups in total. The van der Waals surface area contributed by atoms with Gasteiger partial charge in [0, 0.05) is 25.5 Å². The van der Waals surface area contributed by atoms with Gasteiger partial charge in [0.1, 0.15) is 17.6 Å². The van der Waals surface area contributed by atoms with Crippen LogP contribution in [0.5, 0.6) is 11.8 Å². The third kappa shape index (κ3) is 1.97. The van der Waals surface area contributed by atoms with Gasteiger partial charge in [-0.05, 0) is 0 Å². The zero-order chi connectivity index (χ0) is 11.5. The number of carboxylic acid groups (broad SMARTS) is 1. The van der Waals surface area contributed by atoms with Crippen LogP contribution in [0.2, 0.25) is 0 Å². The zero-order valence-electron chi connectivity index (χ0n) is 8.36. The fourth-order valence-electron chi connectivity index (χ4n) is 1.10. The van der Waals surface area contributed by atoms with E-state index in [1.54, 1.807) is 7.05 Å². The van der Waals surface area contributed by atoms with E-state index in [0.717, 1.165) is 0 Å². The highest BCUT2D eigenvalue weighted by Gasteiger charge is 2.13. The Kier molecular flexibility index (Phi) is 2.50. The van der Waals surface area contributed by atoms with Crippen LogP contribution >= 0.6 is 0 Å². The Balaban J connectivity index is 2.31. The predicted molar refractivity (Wildman–Crippen MR) is 52.3 cm³/mol. The molecule has 0 atom stereocenters. The molecule has 2 aromatic rings. The van der Waals surface area contributed by atoms with Crippen molar-refractivity contribution in [2.45, 2.75) is 0 Å². The van der Waals surface area contributed by atoms with Crippen LogP contribution in [0.15, 0.2) is 24.8 Å². The van der Waals surface area contributed by atoms with Crippen molar-refractivity contribution in [3.05, 3.63) is 30.4 Å². The molecule has 7 heteroatoms. The first-order chi connectivity index (χ1) is 7.66. The van der Waals surface area contributed by atoms with Crippen LogP contribution in [-0.4, -0.2) is 30.8 Å². The molecule has 0 saturated carbocycles. The van der Waals surface area contributed by atoms with Gasteiger partial charge in [0.15, 0.2) is 0 Å². The monoisotopic (exact) mass is 220 g/mol. The van der Waals surface area contributed by atoms with Crippen molar-refractivity contribution >= 4 is 5.97 Å². The Labute approximate surface area is 90.3 Å². The van der Waals surface area contributed by atoms with Crippen molar-refractivity contribution in [2.75, 3.05) is 0 Å². The third-order valence-corrected chi connectivity index (χ3v) is 1.79. The number of aromatic nitrogens is 4. The van der Waals surface area contributed by atoms with E-state index >= 15 is 0 Å². The highest BCUT2D eigenvalue weighted by molar-refractivity contribution is 5.90. The normalized spacial score (nSPS) is 10.1. The number of nitrogens with zero attached hydrogens (tertiary/aromatic N) is 4. The molecule has 0 spiro atoms. The van der Waals surface area contributed by atoms with Crippen molar-refractivity contribution in [3.8, 4) is 11.8 Å². The summed E-state index contributed by atoms with van der Waals surface area (Å²) in [4.78, 5) is 18.4. The number of aryl methyl sites for hydroxylation is 1. The molecular formula is C9H8N4O3. The SMILES string of the molecule is Cn1cnc(Oc2ccncc2C(=O)O)n1. The molecule has 0 bridgehead atoms. The molecule has 0 aliphatic heterocycles. The fourth-order valence-corrected chi connectivity index (χ4v) is 1.10. The average molecular weight is 220 g/mol. The molecule has 82 valence electrons. The Hall–Kier alpha value is -2.44. The second kappa shape index (κ2) is 3.97. The highest BCUT2D eigenvalue weighted by atomic mass is 16.5. The van der Waals surface area contributed by atoms with Gasteiger partial charge in [-0.2, -0.15) is 4.98 Å². The molecule has 2 heterocycles. The predicted octanol–water partition coefficient (Wildman–Crippen LogP) is 0.701. The van der Waals surface area contributed by atoms with Gasteiger partial charge in [0.25, 0.3) is 0 Å². The van der Waals surface area contributed by atoms with Crippen molar-refractivity contribution in [2.24, 2.45) is 7.05 Å². The van der Waals surface area contributed by atoms with Gasteiger partial charge in [-0.25, -0.2) is 4.79 Å². The number of hydrogen-bond acceptors (Lipinski definition) is 5. The zero-order valence-corrected chi connectivity index (χ0v) is 8.36. The Morgan fingerprint density at radius 1 is 1.56 bits per heavy atom. The van der Waals surface area contributed by atoms with Gasteiger partial charge < -0.3 is 9.84 Å². The van der Waals surface area contributed by atoms with E-state index in [4.69, 9.17) is 9.84 Å². The lowest BCUT2D eigenvalue weighted by atomic mass is 10.2. The van der Waals surface area contributed by atoms with Gasteiger partial charge in [0.05, 0.1) is 0 Å². The standard InChI is InChI=1S/C9H8N4O3/c1-13-5-11-9(12-13)16-7-2-3-10-4-6(7)8(14)15/h2-5H,1H3,(H,14,15). The summed E-state index contributed by atoms with van der Waals surface area (Å²) in [6.07, 6.45) is 4.10. The number of rotatable bonds is 3. The summed E-state index contributed by atoms with van der Waals surface area (Å²) in [6.45, 7) is 0. The number of carbonyl (C=O) groups is 1. The lowest BCUT2D eigenvalue weighted by Crippen LogP contribution is -2.01. The largest absolute Gasteiger partial charge is 0.477 e. The number of hydrogen-bond donors (Lipinski definition) is 1. The van der Waals surface area contributed by atoms with Crippen LogP contribution in [-0.2, 0) is 7.05 Å². The minimum Gasteiger partial charge on any atom is -0.477 e. The van der Waals surface area contributed by atoms with Gasteiger partial charge in [-0.1, -0.05) is 0 Å². The molecule has 0 unspecified atom stereocenters. The van der Waals surface area contributed by atoms with E-state index in [1.165, 1.54) is 29.5 Å². The Morgan fingerprint density at radius 3 is 3.00 bits per heavy atom. The summed E-state index contributed by atoms with van der Waals surface area (Å²) >= 11 is 0. The molecule has 0 amide bonds. The van der Waals surface area contributed by atoms with Crippen LogP contribution in [0, 0.1) is 0 Å². The topological polar surface area (TPSA) is 90.1 Å². The van der Waals surface area contributed by atoms with E-state index < -0.39 is 5.97 Å². The first-order valence-corrected chi connectivity index (χ1v) is 4.37. The lowest BCUT2D eigenvalue weighted by Gasteiger charge is -2.03. The maximum atomic E-state index is 10.9. The smallest absolute Gasteiger partial charge is 0.341 e. The van der Waals surface area contributed by atoms with Crippen LogP contribution < -0.4 is 4.74 Å². The second-order valence-electron chi connectivity index (χ2n) is 2.98. The van der Waals surface area contributed by atoms with E-state index in [1.807, 2.05) is 0 Å². The molecule has 7 nitrogen and oxygen atoms in total. The lowest BCUT2D eigenvalue weighted by molar-refractivity contribution is 0.0693. The average Bonchev–Trinajstić information content (AvgIpc) is 2.64. The molecule has 0 radical (unpaired) electrons. The second-order valence-corrected chi connectivity index (χ2v) is 2.98. The third-order valence-electron chi connectivity index (χ3n) is 1.79. The van der Waals surface area contributed by atoms with Crippen molar-refractivity contribution in [1.29, 1.82) is 0 Å². The van der Waals surface area contributed by atoms with Crippen molar-refractivity contribution in [3.63, 3.8) is 0 Å². The Morgan fingerprint density at radius 2 is 2.38 bits per heavy atom. The summed E-state index contributed by atoms with van der Waals surface area (Å²) in [5, 5.41) is 12.8. The summed E-state index contributed by atoms with van der Waals surface area (Å²) in [5.41, 5.74) is -0.0325. The van der Waals surface area contributed by atoms with Crippen molar-refractivity contribution in [1.82, 2.24) is 19.7 Å². The van der Waals surface area contributed by atoms with Gasteiger partial charge in [-0.3, -0.25) is 9.67 Å². The van der Waals surface area contributed by atoms with Crippen LogP contribution in [0.1, 0.15) is 10.4 Å². The molecule has 2 rings (SSSR count). The van der Waals surface area contributed by atoms with E-state index in [0.29, 0.717) is 0 Å². The molecule has 0 aliphatic carbocycles. The molecule has 0 aliphatic rings. The maximum absolute atomic E-state index is 10.9. The van der Waals surface area contributed by atoms with Gasteiger partial charge in [-0.15, -0.1) is 5.10 Å². The molecule has 0 aromatic carbocycles. The minimum absolute atomic E-state index is 0.0325. The van der Waals surface area contributed by atoms with Crippen LogP contribution in [0.3, 0.4) is 0 Å². The molecule has 0 fully saturated rings. The summed E-state index contributed by atoms with van der Waals surface area (Å²) in [6, 6.07) is 1.54. The molecule has 16 heavy (non-hydrogen) atoms. The van der Waals surface area contributed by atoms with E-state index in [2.05, 4.69) is 15.1 Å². The molecular weight excluding hydrogens is 212 g/mol. The number of pyridine rings is 1. The van der Waals surface area contributed by atoms with Gasteiger partial charge in [0.2, 0.25) is 0 Å². The maximum Gasteiger partial charge on any atom is 0.341 e. The number of ether oxygens (including phenoxy) is 1. The van der Waals surface area contributed by atoms with E-state index in [9.17, 15) is 4.79 Å². The first kappa shape index (κ1) is 10.1. The van der Waals surface area contributed by atoms with Crippen LogP contribution in [0.25, 0.3) is 0 Å². The number of carboxylic acids is 1. The first-order valence-electron chi connectivity index (χ1n) is 4.37.